The summed E-state index contributed by atoms with van der Waals surface area (Å²) in [6.45, 7) is 1.93. The molecule has 2 amide bonds. The van der Waals surface area contributed by atoms with Crippen molar-refractivity contribution in [3.05, 3.63) is 64.7 Å². The monoisotopic (exact) mass is 418 g/mol. The van der Waals surface area contributed by atoms with E-state index in [0.29, 0.717) is 20.1 Å². The van der Waals surface area contributed by atoms with E-state index in [-0.39, 0.29) is 17.6 Å². The third-order valence-corrected chi connectivity index (χ3v) is 5.70. The van der Waals surface area contributed by atoms with E-state index in [1.54, 1.807) is 24.3 Å². The van der Waals surface area contributed by atoms with Gasteiger partial charge < -0.3 is 5.32 Å². The lowest BCUT2D eigenvalue weighted by molar-refractivity contribution is -0.113. The highest BCUT2D eigenvalue weighted by molar-refractivity contribution is 8.01. The Labute approximate surface area is 169 Å². The minimum absolute atomic E-state index is 0.128. The minimum Gasteiger partial charge on any atom is -0.325 e. The minimum atomic E-state index is -0.295. The standard InChI is InChI=1S/C18H15ClN4O2S2/c1-11-4-2-3-5-14(11)20-15(24)10-26-18-23-22-17(27-18)21-16(25)12-6-8-13(19)9-7-12/h2-9H,10H2,1H3,(H,20,24)(H,21,22,25). The van der Waals surface area contributed by atoms with E-state index >= 15 is 0 Å². The molecule has 1 aromatic heterocycles. The van der Waals surface area contributed by atoms with Crippen LogP contribution in [-0.2, 0) is 4.79 Å². The van der Waals surface area contributed by atoms with Crippen LogP contribution < -0.4 is 10.6 Å². The molecule has 2 aromatic carbocycles. The SMILES string of the molecule is Cc1ccccc1NC(=O)CSc1nnc(NC(=O)c2ccc(Cl)cc2)s1. The molecular weight excluding hydrogens is 404 g/mol. The Hall–Kier alpha value is -2.42. The quantitative estimate of drug-likeness (QED) is 0.455. The highest BCUT2D eigenvalue weighted by atomic mass is 35.5. The maximum absolute atomic E-state index is 12.1. The Morgan fingerprint density at radius 2 is 1.81 bits per heavy atom. The van der Waals surface area contributed by atoms with Gasteiger partial charge in [0, 0.05) is 16.3 Å². The third-order valence-electron chi connectivity index (χ3n) is 3.48. The Morgan fingerprint density at radius 1 is 1.07 bits per heavy atom. The van der Waals surface area contributed by atoms with Gasteiger partial charge in [-0.2, -0.15) is 0 Å². The summed E-state index contributed by atoms with van der Waals surface area (Å²) in [5.41, 5.74) is 2.26. The summed E-state index contributed by atoms with van der Waals surface area (Å²) in [5.74, 6) is -0.221. The first-order chi connectivity index (χ1) is 13.0. The van der Waals surface area contributed by atoms with Gasteiger partial charge in [0.05, 0.1) is 5.75 Å². The molecule has 0 bridgehead atoms. The summed E-state index contributed by atoms with van der Waals surface area (Å²) in [6.07, 6.45) is 0. The van der Waals surface area contributed by atoms with Crippen LogP contribution in [0.1, 0.15) is 15.9 Å². The number of thioether (sulfide) groups is 1. The van der Waals surface area contributed by atoms with E-state index in [2.05, 4.69) is 20.8 Å². The number of aryl methyl sites for hydroxylation is 1. The number of halogens is 1. The zero-order chi connectivity index (χ0) is 19.2. The molecule has 0 radical (unpaired) electrons. The maximum Gasteiger partial charge on any atom is 0.257 e. The molecule has 0 spiro atoms. The van der Waals surface area contributed by atoms with Gasteiger partial charge in [0.2, 0.25) is 11.0 Å². The Balaban J connectivity index is 1.52. The average Bonchev–Trinajstić information content (AvgIpc) is 3.10. The molecule has 0 fully saturated rings. The molecule has 3 aromatic rings. The number of hydrogen-bond acceptors (Lipinski definition) is 6. The van der Waals surface area contributed by atoms with Crippen molar-refractivity contribution in [1.29, 1.82) is 0 Å². The second-order valence-electron chi connectivity index (χ2n) is 5.49. The first-order valence-corrected chi connectivity index (χ1v) is 10.1. The van der Waals surface area contributed by atoms with Crippen LogP contribution in [0.15, 0.2) is 52.9 Å². The van der Waals surface area contributed by atoms with Crippen LogP contribution in [0, 0.1) is 6.92 Å². The highest BCUT2D eigenvalue weighted by Crippen LogP contribution is 2.26. The van der Waals surface area contributed by atoms with Crippen LogP contribution in [0.4, 0.5) is 10.8 Å². The normalized spacial score (nSPS) is 10.4. The molecule has 0 saturated heterocycles. The van der Waals surface area contributed by atoms with Crippen molar-refractivity contribution in [2.75, 3.05) is 16.4 Å². The molecule has 0 aliphatic rings. The predicted molar refractivity (Wildman–Crippen MR) is 110 cm³/mol. The Bertz CT molecular complexity index is 960. The Morgan fingerprint density at radius 3 is 2.56 bits per heavy atom. The molecule has 0 aliphatic heterocycles. The summed E-state index contributed by atoms with van der Waals surface area (Å²) < 4.78 is 0.598. The van der Waals surface area contributed by atoms with E-state index in [1.807, 2.05) is 31.2 Å². The zero-order valence-electron chi connectivity index (χ0n) is 14.2. The van der Waals surface area contributed by atoms with Gasteiger partial charge in [0.15, 0.2) is 4.34 Å². The van der Waals surface area contributed by atoms with Crippen molar-refractivity contribution in [1.82, 2.24) is 10.2 Å². The number of nitrogens with one attached hydrogen (secondary N) is 2. The number of nitrogens with zero attached hydrogens (tertiary/aromatic N) is 2. The molecule has 0 unspecified atom stereocenters. The number of carbonyl (C=O) groups is 2. The largest absolute Gasteiger partial charge is 0.325 e. The van der Waals surface area contributed by atoms with E-state index in [1.165, 1.54) is 23.1 Å². The topological polar surface area (TPSA) is 84.0 Å². The lowest BCUT2D eigenvalue weighted by Crippen LogP contribution is -2.14. The van der Waals surface area contributed by atoms with Gasteiger partial charge in [-0.25, -0.2) is 0 Å². The molecule has 2 N–H and O–H groups in total. The van der Waals surface area contributed by atoms with Crippen LogP contribution in [-0.4, -0.2) is 27.8 Å². The molecule has 0 atom stereocenters. The van der Waals surface area contributed by atoms with E-state index in [4.69, 9.17) is 11.6 Å². The fraction of sp³-hybridized carbons (Fsp3) is 0.111. The smallest absolute Gasteiger partial charge is 0.257 e. The number of rotatable bonds is 6. The summed E-state index contributed by atoms with van der Waals surface area (Å²) in [6, 6.07) is 14.1. The number of aromatic nitrogens is 2. The molecular formula is C18H15ClN4O2S2. The second kappa shape index (κ2) is 8.98. The van der Waals surface area contributed by atoms with Crippen molar-refractivity contribution in [3.63, 3.8) is 0 Å². The van der Waals surface area contributed by atoms with Crippen molar-refractivity contribution < 1.29 is 9.59 Å². The lowest BCUT2D eigenvalue weighted by Gasteiger charge is -2.06. The fourth-order valence-electron chi connectivity index (χ4n) is 2.12. The molecule has 138 valence electrons. The third kappa shape index (κ3) is 5.53. The van der Waals surface area contributed by atoms with Gasteiger partial charge in [-0.15, -0.1) is 10.2 Å². The van der Waals surface area contributed by atoms with Gasteiger partial charge >= 0.3 is 0 Å². The predicted octanol–water partition coefficient (Wildman–Crippen LogP) is 4.48. The van der Waals surface area contributed by atoms with Crippen LogP contribution in [0.25, 0.3) is 0 Å². The van der Waals surface area contributed by atoms with Gasteiger partial charge in [0.1, 0.15) is 0 Å². The van der Waals surface area contributed by atoms with Crippen LogP contribution in [0.5, 0.6) is 0 Å². The number of amides is 2. The molecule has 9 heteroatoms. The summed E-state index contributed by atoms with van der Waals surface area (Å²) in [7, 11) is 0. The maximum atomic E-state index is 12.1. The lowest BCUT2D eigenvalue weighted by atomic mass is 10.2. The van der Waals surface area contributed by atoms with E-state index in [9.17, 15) is 9.59 Å². The number of anilines is 2. The average molecular weight is 419 g/mol. The summed E-state index contributed by atoms with van der Waals surface area (Å²) in [5, 5.41) is 14.4. The van der Waals surface area contributed by atoms with Crippen molar-refractivity contribution in [2.24, 2.45) is 0 Å². The summed E-state index contributed by atoms with van der Waals surface area (Å²) >= 11 is 8.29. The highest BCUT2D eigenvalue weighted by Gasteiger charge is 2.12. The van der Waals surface area contributed by atoms with Gasteiger partial charge in [-0.3, -0.25) is 14.9 Å². The number of benzene rings is 2. The van der Waals surface area contributed by atoms with Crippen molar-refractivity contribution in [3.8, 4) is 0 Å². The second-order valence-corrected chi connectivity index (χ2v) is 8.12. The summed E-state index contributed by atoms with van der Waals surface area (Å²) in [4.78, 5) is 24.2. The van der Waals surface area contributed by atoms with E-state index < -0.39 is 0 Å². The van der Waals surface area contributed by atoms with Crippen molar-refractivity contribution in [2.45, 2.75) is 11.3 Å². The number of carbonyl (C=O) groups excluding carboxylic acids is 2. The first kappa shape index (κ1) is 19.3. The van der Waals surface area contributed by atoms with Gasteiger partial charge in [-0.05, 0) is 42.8 Å². The number of hydrogen-bond donors (Lipinski definition) is 2. The number of para-hydroxylation sites is 1. The zero-order valence-corrected chi connectivity index (χ0v) is 16.6. The van der Waals surface area contributed by atoms with Gasteiger partial charge in [-0.1, -0.05) is 52.9 Å². The molecule has 6 nitrogen and oxygen atoms in total. The van der Waals surface area contributed by atoms with Gasteiger partial charge in [0.25, 0.3) is 5.91 Å². The molecule has 3 rings (SSSR count). The van der Waals surface area contributed by atoms with Crippen LogP contribution >= 0.6 is 34.7 Å². The fourth-order valence-corrected chi connectivity index (χ4v) is 3.79. The molecule has 1 heterocycles. The van der Waals surface area contributed by atoms with Crippen LogP contribution in [0.2, 0.25) is 5.02 Å². The molecule has 0 aliphatic carbocycles. The van der Waals surface area contributed by atoms with E-state index in [0.717, 1.165) is 11.3 Å². The van der Waals surface area contributed by atoms with Crippen LogP contribution in [0.3, 0.4) is 0 Å². The molecule has 0 saturated carbocycles. The first-order valence-electron chi connectivity index (χ1n) is 7.90. The van der Waals surface area contributed by atoms with Crippen molar-refractivity contribution >= 4 is 57.3 Å². The Kier molecular flexibility index (Phi) is 6.44. The molecule has 27 heavy (non-hydrogen) atoms.